The van der Waals surface area contributed by atoms with Gasteiger partial charge in [-0.1, -0.05) is 29.8 Å². The summed E-state index contributed by atoms with van der Waals surface area (Å²) in [5.41, 5.74) is 7.30. The number of aromatic amines is 1. The molecule has 0 unspecified atom stereocenters. The predicted octanol–water partition coefficient (Wildman–Crippen LogP) is 0.926. The van der Waals surface area contributed by atoms with Crippen LogP contribution < -0.4 is 5.73 Å². The molecule has 0 bridgehead atoms. The van der Waals surface area contributed by atoms with E-state index in [1.807, 2.05) is 19.1 Å². The number of rotatable bonds is 2. The molecule has 0 spiro atoms. The van der Waals surface area contributed by atoms with Crippen molar-refractivity contribution < 1.29 is 4.79 Å². The number of carbonyl (C=O) groups excluding carboxylic acids is 1. The minimum atomic E-state index is -0.221. The third kappa shape index (κ3) is 1.71. The van der Waals surface area contributed by atoms with Gasteiger partial charge in [-0.2, -0.15) is 10.3 Å². The highest BCUT2D eigenvalue weighted by Crippen LogP contribution is 2.11. The van der Waals surface area contributed by atoms with Crippen LogP contribution in [-0.4, -0.2) is 21.2 Å². The molecule has 1 aromatic carbocycles. The normalized spacial score (nSPS) is 10.2. The highest BCUT2D eigenvalue weighted by atomic mass is 16.1. The Kier molecular flexibility index (Phi) is 2.21. The molecule has 0 fully saturated rings. The van der Waals surface area contributed by atoms with Gasteiger partial charge in [-0.3, -0.25) is 4.79 Å². The Morgan fingerprint density at radius 2 is 1.93 bits per heavy atom. The lowest BCUT2D eigenvalue weighted by atomic mass is 10.1. The van der Waals surface area contributed by atoms with Crippen molar-refractivity contribution in [3.8, 4) is 0 Å². The van der Waals surface area contributed by atoms with Crippen molar-refractivity contribution >= 4 is 11.6 Å². The topological polar surface area (TPSA) is 84.7 Å². The number of ketones is 1. The lowest BCUT2D eigenvalue weighted by Gasteiger charge is -1.98. The maximum Gasteiger partial charge on any atom is 0.217 e. The minimum Gasteiger partial charge on any atom is -0.380 e. The third-order valence-corrected chi connectivity index (χ3v) is 2.10. The molecule has 0 aliphatic carbocycles. The second kappa shape index (κ2) is 3.53. The van der Waals surface area contributed by atoms with Gasteiger partial charge in [-0.15, -0.1) is 5.10 Å². The number of nitrogens with one attached hydrogen (secondary N) is 1. The fourth-order valence-corrected chi connectivity index (χ4v) is 1.25. The van der Waals surface area contributed by atoms with E-state index >= 15 is 0 Å². The number of nitrogen functional groups attached to an aromatic ring is 1. The number of carbonyl (C=O) groups is 1. The van der Waals surface area contributed by atoms with E-state index in [0.29, 0.717) is 5.56 Å². The number of hydrogen-bond acceptors (Lipinski definition) is 4. The van der Waals surface area contributed by atoms with Crippen LogP contribution in [0.2, 0.25) is 0 Å². The van der Waals surface area contributed by atoms with Crippen LogP contribution in [0.5, 0.6) is 0 Å². The van der Waals surface area contributed by atoms with Crippen LogP contribution in [0.3, 0.4) is 0 Å². The van der Waals surface area contributed by atoms with Crippen molar-refractivity contribution in [2.24, 2.45) is 0 Å². The van der Waals surface area contributed by atoms with Crippen LogP contribution in [-0.2, 0) is 0 Å². The average molecular weight is 202 g/mol. The van der Waals surface area contributed by atoms with Crippen molar-refractivity contribution in [1.82, 2.24) is 15.4 Å². The average Bonchev–Trinajstić information content (AvgIpc) is 2.65. The van der Waals surface area contributed by atoms with Gasteiger partial charge in [0.15, 0.2) is 11.5 Å². The maximum absolute atomic E-state index is 11.8. The first kappa shape index (κ1) is 9.39. The van der Waals surface area contributed by atoms with Gasteiger partial charge in [0.1, 0.15) is 0 Å². The smallest absolute Gasteiger partial charge is 0.217 e. The Morgan fingerprint density at radius 1 is 1.27 bits per heavy atom. The summed E-state index contributed by atoms with van der Waals surface area (Å²) in [6.07, 6.45) is 0. The highest BCUT2D eigenvalue weighted by Gasteiger charge is 2.15. The molecule has 15 heavy (non-hydrogen) atoms. The molecule has 1 heterocycles. The molecule has 0 saturated heterocycles. The van der Waals surface area contributed by atoms with Gasteiger partial charge in [0.25, 0.3) is 0 Å². The summed E-state index contributed by atoms with van der Waals surface area (Å²) in [5.74, 6) is -0.0955. The van der Waals surface area contributed by atoms with Crippen LogP contribution in [0, 0.1) is 6.92 Å². The molecule has 76 valence electrons. The maximum atomic E-state index is 11.8. The third-order valence-electron chi connectivity index (χ3n) is 2.10. The van der Waals surface area contributed by atoms with Crippen molar-refractivity contribution in [3.05, 3.63) is 41.1 Å². The van der Waals surface area contributed by atoms with Crippen LogP contribution in [0.25, 0.3) is 0 Å². The summed E-state index contributed by atoms with van der Waals surface area (Å²) in [4.78, 5) is 11.8. The fraction of sp³-hybridized carbons (Fsp3) is 0.100. The molecule has 0 aliphatic rings. The summed E-state index contributed by atoms with van der Waals surface area (Å²) in [6.45, 7) is 1.96. The largest absolute Gasteiger partial charge is 0.380 e. The molecular weight excluding hydrogens is 192 g/mol. The van der Waals surface area contributed by atoms with Gasteiger partial charge in [-0.25, -0.2) is 0 Å². The van der Waals surface area contributed by atoms with Gasteiger partial charge in [0, 0.05) is 5.56 Å². The fourth-order valence-electron chi connectivity index (χ4n) is 1.25. The number of aromatic nitrogens is 3. The van der Waals surface area contributed by atoms with Crippen LogP contribution >= 0.6 is 0 Å². The predicted molar refractivity (Wildman–Crippen MR) is 55.4 cm³/mol. The minimum absolute atomic E-state index is 0.126. The zero-order chi connectivity index (χ0) is 10.8. The standard InChI is InChI=1S/C10H10N4O/c1-6-2-4-7(5-3-6)9(15)8-10(11)13-14-12-8/h2-5H,1H3,(H3,11,12,13,14). The lowest BCUT2D eigenvalue weighted by Crippen LogP contribution is -2.05. The van der Waals surface area contributed by atoms with Crippen molar-refractivity contribution in [1.29, 1.82) is 0 Å². The van der Waals surface area contributed by atoms with E-state index < -0.39 is 0 Å². The number of anilines is 1. The van der Waals surface area contributed by atoms with Crippen LogP contribution in [0.15, 0.2) is 24.3 Å². The number of benzene rings is 1. The zero-order valence-electron chi connectivity index (χ0n) is 8.19. The van der Waals surface area contributed by atoms with E-state index in [1.54, 1.807) is 12.1 Å². The van der Waals surface area contributed by atoms with Gasteiger partial charge in [-0.05, 0) is 6.92 Å². The first-order valence-electron chi connectivity index (χ1n) is 4.46. The van der Waals surface area contributed by atoms with Crippen molar-refractivity contribution in [2.45, 2.75) is 6.92 Å². The van der Waals surface area contributed by atoms with Gasteiger partial charge in [0.2, 0.25) is 5.78 Å². The molecule has 0 amide bonds. The quantitative estimate of drug-likeness (QED) is 0.709. The molecule has 5 nitrogen and oxygen atoms in total. The Labute approximate surface area is 86.3 Å². The van der Waals surface area contributed by atoms with E-state index in [9.17, 15) is 4.79 Å². The molecule has 2 rings (SSSR count). The molecule has 0 atom stereocenters. The first-order chi connectivity index (χ1) is 7.18. The molecule has 3 N–H and O–H groups in total. The Balaban J connectivity index is 2.37. The summed E-state index contributed by atoms with van der Waals surface area (Å²) in [6, 6.07) is 7.21. The highest BCUT2D eigenvalue weighted by molar-refractivity contribution is 6.10. The number of H-pyrrole nitrogens is 1. The van der Waals surface area contributed by atoms with Gasteiger partial charge < -0.3 is 5.73 Å². The lowest BCUT2D eigenvalue weighted by molar-refractivity contribution is 0.103. The molecule has 0 radical (unpaired) electrons. The summed E-state index contributed by atoms with van der Waals surface area (Å²) in [7, 11) is 0. The summed E-state index contributed by atoms with van der Waals surface area (Å²) in [5, 5.41) is 9.62. The van der Waals surface area contributed by atoms with E-state index in [0.717, 1.165) is 5.56 Å². The number of aryl methyl sites for hydroxylation is 1. The van der Waals surface area contributed by atoms with E-state index in [2.05, 4.69) is 15.4 Å². The second-order valence-electron chi connectivity index (χ2n) is 3.25. The Morgan fingerprint density at radius 3 is 2.47 bits per heavy atom. The monoisotopic (exact) mass is 202 g/mol. The van der Waals surface area contributed by atoms with E-state index in [1.165, 1.54) is 0 Å². The van der Waals surface area contributed by atoms with Gasteiger partial charge >= 0.3 is 0 Å². The van der Waals surface area contributed by atoms with E-state index in [-0.39, 0.29) is 17.3 Å². The number of nitrogens with zero attached hydrogens (tertiary/aromatic N) is 2. The first-order valence-corrected chi connectivity index (χ1v) is 4.46. The number of nitrogens with two attached hydrogens (primary N) is 1. The molecule has 5 heteroatoms. The second-order valence-corrected chi connectivity index (χ2v) is 3.25. The van der Waals surface area contributed by atoms with Crippen LogP contribution in [0.4, 0.5) is 5.82 Å². The Hall–Kier alpha value is -2.17. The molecule has 0 aliphatic heterocycles. The molecular formula is C10H10N4O. The summed E-state index contributed by atoms with van der Waals surface area (Å²) < 4.78 is 0. The summed E-state index contributed by atoms with van der Waals surface area (Å²) >= 11 is 0. The van der Waals surface area contributed by atoms with Gasteiger partial charge in [0.05, 0.1) is 0 Å². The molecule has 2 aromatic rings. The molecule has 1 aromatic heterocycles. The SMILES string of the molecule is Cc1ccc(C(=O)c2n[nH]nc2N)cc1. The zero-order valence-corrected chi connectivity index (χ0v) is 8.19. The number of hydrogen-bond donors (Lipinski definition) is 2. The van der Waals surface area contributed by atoms with E-state index in [4.69, 9.17) is 5.73 Å². The van der Waals surface area contributed by atoms with Crippen molar-refractivity contribution in [3.63, 3.8) is 0 Å². The van der Waals surface area contributed by atoms with Crippen LogP contribution in [0.1, 0.15) is 21.6 Å². The van der Waals surface area contributed by atoms with Crippen molar-refractivity contribution in [2.75, 3.05) is 5.73 Å². The molecule has 0 saturated carbocycles. The Bertz CT molecular complexity index is 486.